The van der Waals surface area contributed by atoms with E-state index < -0.39 is 11.1 Å². The normalized spacial score (nSPS) is 14.2. The van der Waals surface area contributed by atoms with Gasteiger partial charge in [0.05, 0.1) is 5.54 Å². The van der Waals surface area contributed by atoms with E-state index in [4.69, 9.17) is 15.2 Å². The van der Waals surface area contributed by atoms with E-state index in [0.29, 0.717) is 25.7 Å². The second-order valence-electron chi connectivity index (χ2n) is 16.0. The monoisotopic (exact) mass is 734 g/mol. The average molecular weight is 734 g/mol. The first kappa shape index (κ1) is 50.3. The number of hydrogen-bond acceptors (Lipinski definition) is 6. The molecule has 52 heavy (non-hydrogen) atoms. The second kappa shape index (κ2) is 36.3. The summed E-state index contributed by atoms with van der Waals surface area (Å²) in [6, 6.07) is 0. The van der Waals surface area contributed by atoms with Crippen LogP contribution in [-0.2, 0) is 19.1 Å². The molecule has 3 N–H and O–H groups in total. The lowest BCUT2D eigenvalue weighted by Gasteiger charge is -2.42. The maximum absolute atomic E-state index is 13.0. The van der Waals surface area contributed by atoms with E-state index >= 15 is 0 Å². The first-order valence-electron chi connectivity index (χ1n) is 22.3. The van der Waals surface area contributed by atoms with Gasteiger partial charge in [-0.3, -0.25) is 9.59 Å². The lowest BCUT2D eigenvalue weighted by Crippen LogP contribution is -2.61. The average Bonchev–Trinajstić information content (AvgIpc) is 3.12. The van der Waals surface area contributed by atoms with Gasteiger partial charge in [-0.05, 0) is 90.9 Å². The summed E-state index contributed by atoms with van der Waals surface area (Å²) in [5.41, 5.74) is 4.80. The number of aliphatic hydroxyl groups is 1. The molecule has 0 aromatic rings. The summed E-state index contributed by atoms with van der Waals surface area (Å²) in [4.78, 5) is 25.7. The maximum Gasteiger partial charge on any atom is 0.306 e. The predicted molar refractivity (Wildman–Crippen MR) is 223 cm³/mol. The van der Waals surface area contributed by atoms with Gasteiger partial charge in [0.15, 0.2) is 5.60 Å². The van der Waals surface area contributed by atoms with Crippen molar-refractivity contribution in [1.82, 2.24) is 0 Å². The predicted octanol–water partition coefficient (Wildman–Crippen LogP) is 13.2. The molecule has 0 fully saturated rings. The van der Waals surface area contributed by atoms with Gasteiger partial charge in [-0.15, -0.1) is 0 Å². The van der Waals surface area contributed by atoms with Crippen molar-refractivity contribution < 1.29 is 24.2 Å². The molecule has 0 aromatic carbocycles. The number of carbonyl (C=O) groups is 2. The molecule has 0 aliphatic rings. The van der Waals surface area contributed by atoms with Crippen molar-refractivity contribution in [3.05, 3.63) is 24.3 Å². The largest absolute Gasteiger partial charge is 0.461 e. The molecule has 0 aromatic heterocycles. The molecule has 0 saturated heterocycles. The molecule has 0 saturated carbocycles. The standard InChI is InChI=1S/C46H87NO5/c1-5-7-9-11-13-15-17-19-21-23-25-27-29-31-34-38-43(49)51-42-46(4,45(3,47)40-36-33-37-41-48)52-44(50)39-35-32-30-28-26-24-22-20-18-16-14-12-10-8-6-2/h19-22,48H,5-18,23-42,47H2,1-4H3/b21-19-,22-20-. The van der Waals surface area contributed by atoms with Crippen LogP contribution in [0.3, 0.4) is 0 Å². The molecule has 0 rings (SSSR count). The van der Waals surface area contributed by atoms with Crippen molar-refractivity contribution in [3.63, 3.8) is 0 Å². The molecule has 0 bridgehead atoms. The number of unbranched alkanes of at least 4 members (excludes halogenated alkanes) is 24. The molecule has 0 spiro atoms. The zero-order valence-electron chi connectivity index (χ0n) is 35.0. The Bertz CT molecular complexity index is 869. The van der Waals surface area contributed by atoms with Gasteiger partial charge in [-0.25, -0.2) is 0 Å². The number of ether oxygens (including phenoxy) is 2. The van der Waals surface area contributed by atoms with Crippen LogP contribution in [0.2, 0.25) is 0 Å². The Labute approximate surface area is 322 Å². The van der Waals surface area contributed by atoms with Crippen LogP contribution in [0.25, 0.3) is 0 Å². The van der Waals surface area contributed by atoms with Crippen molar-refractivity contribution >= 4 is 11.9 Å². The van der Waals surface area contributed by atoms with Gasteiger partial charge in [-0.2, -0.15) is 0 Å². The van der Waals surface area contributed by atoms with Crippen LogP contribution in [0.4, 0.5) is 0 Å². The van der Waals surface area contributed by atoms with Crippen LogP contribution in [0.5, 0.6) is 0 Å². The molecule has 306 valence electrons. The molecular formula is C46H87NO5. The van der Waals surface area contributed by atoms with Crippen LogP contribution in [0.1, 0.15) is 233 Å². The minimum absolute atomic E-state index is 0.0397. The highest BCUT2D eigenvalue weighted by Crippen LogP contribution is 2.31. The Morgan fingerprint density at radius 1 is 0.519 bits per heavy atom. The Balaban J connectivity index is 4.39. The quantitative estimate of drug-likeness (QED) is 0.0371. The van der Waals surface area contributed by atoms with Gasteiger partial charge in [0.1, 0.15) is 6.61 Å². The molecule has 6 nitrogen and oxygen atoms in total. The molecule has 0 aliphatic heterocycles. The second-order valence-corrected chi connectivity index (χ2v) is 16.0. The number of rotatable bonds is 39. The van der Waals surface area contributed by atoms with Crippen molar-refractivity contribution in [2.75, 3.05) is 13.2 Å². The third-order valence-corrected chi connectivity index (χ3v) is 10.7. The molecule has 2 unspecified atom stereocenters. The topological polar surface area (TPSA) is 98.9 Å². The van der Waals surface area contributed by atoms with Gasteiger partial charge in [0.2, 0.25) is 0 Å². The minimum Gasteiger partial charge on any atom is -0.461 e. The van der Waals surface area contributed by atoms with Crippen LogP contribution in [-0.4, -0.2) is 41.4 Å². The summed E-state index contributed by atoms with van der Waals surface area (Å²) >= 11 is 0. The van der Waals surface area contributed by atoms with Gasteiger partial charge >= 0.3 is 11.9 Å². The number of allylic oxidation sites excluding steroid dienone is 4. The molecule has 0 radical (unpaired) electrons. The Morgan fingerprint density at radius 2 is 0.885 bits per heavy atom. The summed E-state index contributed by atoms with van der Waals surface area (Å²) in [6.07, 6.45) is 44.5. The maximum atomic E-state index is 13.0. The number of aliphatic hydroxyl groups excluding tert-OH is 1. The first-order chi connectivity index (χ1) is 25.2. The number of esters is 2. The highest BCUT2D eigenvalue weighted by molar-refractivity contribution is 5.71. The third kappa shape index (κ3) is 30.8. The zero-order valence-corrected chi connectivity index (χ0v) is 35.0. The number of carbonyl (C=O) groups excluding carboxylic acids is 2. The highest BCUT2D eigenvalue weighted by atomic mass is 16.6. The van der Waals surface area contributed by atoms with E-state index in [1.807, 2.05) is 13.8 Å². The number of nitrogens with two attached hydrogens (primary N) is 1. The van der Waals surface area contributed by atoms with Gasteiger partial charge in [0, 0.05) is 19.4 Å². The summed E-state index contributed by atoms with van der Waals surface area (Å²) < 4.78 is 11.8. The Kier molecular flexibility index (Phi) is 35.2. The van der Waals surface area contributed by atoms with Gasteiger partial charge in [-0.1, -0.05) is 154 Å². The van der Waals surface area contributed by atoms with Crippen LogP contribution in [0, 0.1) is 0 Å². The van der Waals surface area contributed by atoms with Crippen molar-refractivity contribution in [3.8, 4) is 0 Å². The molecule has 6 heteroatoms. The molecule has 2 atom stereocenters. The summed E-state index contributed by atoms with van der Waals surface area (Å²) in [5, 5.41) is 9.19. The molecule has 0 amide bonds. The summed E-state index contributed by atoms with van der Waals surface area (Å²) in [7, 11) is 0. The zero-order chi connectivity index (χ0) is 38.4. The van der Waals surface area contributed by atoms with Gasteiger partial charge < -0.3 is 20.3 Å². The van der Waals surface area contributed by atoms with Crippen molar-refractivity contribution in [1.29, 1.82) is 0 Å². The third-order valence-electron chi connectivity index (χ3n) is 10.7. The van der Waals surface area contributed by atoms with E-state index in [1.54, 1.807) is 0 Å². The van der Waals surface area contributed by atoms with Crippen LogP contribution >= 0.6 is 0 Å². The van der Waals surface area contributed by atoms with E-state index in [1.165, 1.54) is 116 Å². The van der Waals surface area contributed by atoms with Gasteiger partial charge in [0.25, 0.3) is 0 Å². The van der Waals surface area contributed by atoms with E-state index in [2.05, 4.69) is 38.2 Å². The number of hydrogen-bond donors (Lipinski definition) is 2. The lowest BCUT2D eigenvalue weighted by molar-refractivity contribution is -0.180. The summed E-state index contributed by atoms with van der Waals surface area (Å²) in [5.74, 6) is -0.534. The van der Waals surface area contributed by atoms with E-state index in [9.17, 15) is 14.7 Å². The lowest BCUT2D eigenvalue weighted by atomic mass is 9.79. The smallest absolute Gasteiger partial charge is 0.306 e. The van der Waals surface area contributed by atoms with Crippen LogP contribution < -0.4 is 5.73 Å². The van der Waals surface area contributed by atoms with Crippen molar-refractivity contribution in [2.45, 2.75) is 244 Å². The fourth-order valence-corrected chi connectivity index (χ4v) is 6.63. The fraction of sp³-hybridized carbons (Fsp3) is 0.870. The minimum atomic E-state index is -1.12. The summed E-state index contributed by atoms with van der Waals surface area (Å²) in [6.45, 7) is 8.33. The Hall–Kier alpha value is -1.66. The van der Waals surface area contributed by atoms with E-state index in [0.717, 1.165) is 64.2 Å². The fourth-order valence-electron chi connectivity index (χ4n) is 6.63. The highest BCUT2D eigenvalue weighted by Gasteiger charge is 2.46. The molecular weight excluding hydrogens is 647 g/mol. The Morgan fingerprint density at radius 3 is 1.31 bits per heavy atom. The molecule has 0 aliphatic carbocycles. The van der Waals surface area contributed by atoms with E-state index in [-0.39, 0.29) is 25.2 Å². The van der Waals surface area contributed by atoms with Crippen LogP contribution in [0.15, 0.2) is 24.3 Å². The molecule has 0 heterocycles. The first-order valence-corrected chi connectivity index (χ1v) is 22.3. The SMILES string of the molecule is CCCCCCCC/C=C\CCCCCCCC(=O)OCC(C)(OC(=O)CCCCCCC/C=C\CCCCCCCC)C(C)(N)CCCCCO. The van der Waals surface area contributed by atoms with Crippen molar-refractivity contribution in [2.24, 2.45) is 5.73 Å².